The first-order valence-corrected chi connectivity index (χ1v) is 10.5. The summed E-state index contributed by atoms with van der Waals surface area (Å²) in [4.78, 5) is 12.4. The molecular weight excluding hydrogens is 372 g/mol. The highest BCUT2D eigenvalue weighted by Gasteiger charge is 2.25. The van der Waals surface area contributed by atoms with Gasteiger partial charge in [-0.2, -0.15) is 0 Å². The van der Waals surface area contributed by atoms with E-state index >= 15 is 0 Å². The molecule has 0 saturated heterocycles. The summed E-state index contributed by atoms with van der Waals surface area (Å²) in [7, 11) is -3.69. The summed E-state index contributed by atoms with van der Waals surface area (Å²) in [6, 6.07) is 11.0. The second-order valence-corrected chi connectivity index (χ2v) is 8.59. The Labute approximate surface area is 160 Å². The molecule has 7 heteroatoms. The minimum atomic E-state index is -3.69. The third-order valence-corrected chi connectivity index (χ3v) is 5.38. The Morgan fingerprint density at radius 1 is 1.15 bits per heavy atom. The molecule has 0 atom stereocenters. The molecule has 2 aromatic rings. The van der Waals surface area contributed by atoms with E-state index in [4.69, 9.17) is 11.6 Å². The lowest BCUT2D eigenvalue weighted by molar-refractivity contribution is -0.114. The average molecular weight is 395 g/mol. The first kappa shape index (κ1) is 20.3. The summed E-state index contributed by atoms with van der Waals surface area (Å²) in [5.74, 6) is -0.435. The Morgan fingerprint density at radius 3 is 2.27 bits per heavy atom. The number of sulfonamides is 1. The molecule has 2 aromatic carbocycles. The molecule has 0 aromatic heterocycles. The Morgan fingerprint density at radius 2 is 1.77 bits per heavy atom. The Kier molecular flexibility index (Phi) is 6.31. The number of benzene rings is 2. The first-order chi connectivity index (χ1) is 12.1. The number of hydrogen-bond acceptors (Lipinski definition) is 3. The van der Waals surface area contributed by atoms with Gasteiger partial charge in [-0.3, -0.25) is 9.10 Å². The molecule has 1 N–H and O–H groups in total. The van der Waals surface area contributed by atoms with Gasteiger partial charge in [0.15, 0.2) is 0 Å². The van der Waals surface area contributed by atoms with Gasteiger partial charge in [-0.05, 0) is 55.2 Å². The molecule has 0 fully saturated rings. The van der Waals surface area contributed by atoms with E-state index < -0.39 is 15.9 Å². The number of nitrogens with zero attached hydrogens (tertiary/aromatic N) is 1. The maximum Gasteiger partial charge on any atom is 0.245 e. The van der Waals surface area contributed by atoms with Crippen molar-refractivity contribution in [2.75, 3.05) is 22.4 Å². The van der Waals surface area contributed by atoms with Gasteiger partial charge in [-0.1, -0.05) is 36.7 Å². The largest absolute Gasteiger partial charge is 0.325 e. The number of aryl methyl sites for hydroxylation is 3. The molecule has 140 valence electrons. The number of nitrogens with one attached hydrogen (secondary N) is 1. The van der Waals surface area contributed by atoms with Crippen LogP contribution < -0.4 is 9.62 Å². The predicted octanol–water partition coefficient (Wildman–Crippen LogP) is 3.92. The summed E-state index contributed by atoms with van der Waals surface area (Å²) < 4.78 is 25.6. The number of halogens is 1. The molecule has 0 bridgehead atoms. The fourth-order valence-corrected chi connectivity index (χ4v) is 4.14. The van der Waals surface area contributed by atoms with Crippen molar-refractivity contribution in [2.24, 2.45) is 0 Å². The van der Waals surface area contributed by atoms with E-state index in [9.17, 15) is 13.2 Å². The van der Waals surface area contributed by atoms with Crippen LogP contribution in [0.5, 0.6) is 0 Å². The van der Waals surface area contributed by atoms with Gasteiger partial charge in [0.25, 0.3) is 0 Å². The lowest BCUT2D eigenvalue weighted by Gasteiger charge is -2.25. The van der Waals surface area contributed by atoms with Crippen molar-refractivity contribution >= 4 is 38.9 Å². The van der Waals surface area contributed by atoms with Gasteiger partial charge in [-0.25, -0.2) is 8.42 Å². The monoisotopic (exact) mass is 394 g/mol. The maximum absolute atomic E-state index is 12.4. The number of carbonyl (C=O) groups excluding carboxylic acids is 1. The molecule has 5 nitrogen and oxygen atoms in total. The minimum Gasteiger partial charge on any atom is -0.325 e. The van der Waals surface area contributed by atoms with Crippen LogP contribution >= 0.6 is 11.6 Å². The third-order valence-electron chi connectivity index (χ3n) is 3.98. The molecular formula is C19H23ClN2O3S. The van der Waals surface area contributed by atoms with Gasteiger partial charge in [0.05, 0.1) is 17.0 Å². The zero-order chi connectivity index (χ0) is 19.5. The van der Waals surface area contributed by atoms with Crippen molar-refractivity contribution in [1.29, 1.82) is 0 Å². The van der Waals surface area contributed by atoms with E-state index in [1.807, 2.05) is 32.0 Å². The summed E-state index contributed by atoms with van der Waals surface area (Å²) in [6.45, 7) is 5.34. The molecule has 0 radical (unpaired) electrons. The highest BCUT2D eigenvalue weighted by molar-refractivity contribution is 7.92. The van der Waals surface area contributed by atoms with Crippen LogP contribution in [0.15, 0.2) is 36.4 Å². The smallest absolute Gasteiger partial charge is 0.245 e. The molecule has 0 spiro atoms. The predicted molar refractivity (Wildman–Crippen MR) is 108 cm³/mol. The Balaban J connectivity index is 2.27. The number of anilines is 2. The average Bonchev–Trinajstić information content (AvgIpc) is 2.53. The number of rotatable bonds is 6. The fraction of sp³-hybridized carbons (Fsp3) is 0.316. The first-order valence-electron chi connectivity index (χ1n) is 8.25. The van der Waals surface area contributed by atoms with Crippen LogP contribution in [0.1, 0.15) is 23.6 Å². The minimum absolute atomic E-state index is 0.299. The van der Waals surface area contributed by atoms with E-state index in [0.717, 1.165) is 28.1 Å². The molecule has 0 aliphatic rings. The summed E-state index contributed by atoms with van der Waals surface area (Å²) in [6.07, 6.45) is 1.97. The standard InChI is InChI=1S/C19H23ClN2O3S/c1-5-15-6-8-16(9-7-15)21-18(23)12-22(26(4,24)25)19-14(3)10-13(2)11-17(19)20/h6-11H,5,12H2,1-4H3,(H,21,23). The molecule has 26 heavy (non-hydrogen) atoms. The van der Waals surface area contributed by atoms with Crippen LogP contribution in [0.3, 0.4) is 0 Å². The van der Waals surface area contributed by atoms with Crippen LogP contribution in [0, 0.1) is 13.8 Å². The molecule has 0 heterocycles. The van der Waals surface area contributed by atoms with Gasteiger partial charge >= 0.3 is 0 Å². The van der Waals surface area contributed by atoms with Crippen molar-refractivity contribution in [3.05, 3.63) is 58.1 Å². The number of hydrogen-bond donors (Lipinski definition) is 1. The van der Waals surface area contributed by atoms with E-state index in [0.29, 0.717) is 22.0 Å². The lowest BCUT2D eigenvalue weighted by Crippen LogP contribution is -2.38. The van der Waals surface area contributed by atoms with Gasteiger partial charge in [0.2, 0.25) is 15.9 Å². The Bertz CT molecular complexity index is 886. The van der Waals surface area contributed by atoms with E-state index in [2.05, 4.69) is 5.32 Å². The zero-order valence-corrected chi connectivity index (χ0v) is 16.9. The van der Waals surface area contributed by atoms with Gasteiger partial charge < -0.3 is 5.32 Å². The van der Waals surface area contributed by atoms with Crippen molar-refractivity contribution in [3.8, 4) is 0 Å². The molecule has 0 aliphatic carbocycles. The molecule has 0 unspecified atom stereocenters. The lowest BCUT2D eigenvalue weighted by atomic mass is 10.1. The SMILES string of the molecule is CCc1ccc(NC(=O)CN(c2c(C)cc(C)cc2Cl)S(C)(=O)=O)cc1. The molecule has 1 amide bonds. The van der Waals surface area contributed by atoms with Crippen LogP contribution in [-0.2, 0) is 21.2 Å². The summed E-state index contributed by atoms with van der Waals surface area (Å²) in [5.41, 5.74) is 3.72. The Hall–Kier alpha value is -2.05. The maximum atomic E-state index is 12.4. The van der Waals surface area contributed by atoms with Crippen molar-refractivity contribution in [3.63, 3.8) is 0 Å². The zero-order valence-electron chi connectivity index (χ0n) is 15.3. The quantitative estimate of drug-likeness (QED) is 0.807. The fourth-order valence-electron chi connectivity index (χ4n) is 2.74. The topological polar surface area (TPSA) is 66.5 Å². The van der Waals surface area contributed by atoms with Gasteiger partial charge in [0, 0.05) is 5.69 Å². The van der Waals surface area contributed by atoms with Gasteiger partial charge in [0.1, 0.15) is 6.54 Å². The molecule has 0 aliphatic heterocycles. The van der Waals surface area contributed by atoms with Crippen molar-refractivity contribution < 1.29 is 13.2 Å². The highest BCUT2D eigenvalue weighted by atomic mass is 35.5. The van der Waals surface area contributed by atoms with Crippen LogP contribution in [-0.4, -0.2) is 27.1 Å². The number of carbonyl (C=O) groups is 1. The highest BCUT2D eigenvalue weighted by Crippen LogP contribution is 2.32. The molecule has 0 saturated carbocycles. The van der Waals surface area contributed by atoms with E-state index in [-0.39, 0.29) is 6.54 Å². The van der Waals surface area contributed by atoms with Crippen molar-refractivity contribution in [2.45, 2.75) is 27.2 Å². The van der Waals surface area contributed by atoms with Gasteiger partial charge in [-0.15, -0.1) is 0 Å². The number of amides is 1. The summed E-state index contributed by atoms with van der Waals surface area (Å²) >= 11 is 6.27. The van der Waals surface area contributed by atoms with E-state index in [1.54, 1.807) is 25.1 Å². The van der Waals surface area contributed by atoms with Crippen LogP contribution in [0.2, 0.25) is 5.02 Å². The van der Waals surface area contributed by atoms with Crippen LogP contribution in [0.25, 0.3) is 0 Å². The normalized spacial score (nSPS) is 11.3. The van der Waals surface area contributed by atoms with Crippen molar-refractivity contribution in [1.82, 2.24) is 0 Å². The molecule has 2 rings (SSSR count). The summed E-state index contributed by atoms with van der Waals surface area (Å²) in [5, 5.41) is 3.03. The van der Waals surface area contributed by atoms with Crippen LogP contribution in [0.4, 0.5) is 11.4 Å². The van der Waals surface area contributed by atoms with E-state index in [1.165, 1.54) is 0 Å². The second-order valence-electron chi connectivity index (χ2n) is 6.28. The second kappa shape index (κ2) is 8.10. The third kappa shape index (κ3) is 4.99.